The SMILES string of the molecule is COC(C)(C)CCOC(CNC1CC1)c1ccc(C)cc1. The zero-order chi connectivity index (χ0) is 15.3. The molecule has 0 saturated heterocycles. The van der Waals surface area contributed by atoms with Crippen LogP contribution in [0, 0.1) is 6.92 Å². The zero-order valence-corrected chi connectivity index (χ0v) is 13.8. The summed E-state index contributed by atoms with van der Waals surface area (Å²) in [7, 11) is 1.76. The summed E-state index contributed by atoms with van der Waals surface area (Å²) in [5.41, 5.74) is 2.42. The molecule has 0 aromatic heterocycles. The van der Waals surface area contributed by atoms with Crippen molar-refractivity contribution >= 4 is 0 Å². The Hall–Kier alpha value is -0.900. The quantitative estimate of drug-likeness (QED) is 0.754. The molecule has 1 aliphatic rings. The molecule has 3 nitrogen and oxygen atoms in total. The van der Waals surface area contributed by atoms with Crippen molar-refractivity contribution in [2.24, 2.45) is 0 Å². The standard InChI is InChI=1S/C18H29NO2/c1-14-5-7-15(8-6-14)17(13-19-16-9-10-16)21-12-11-18(2,3)20-4/h5-8,16-17,19H,9-13H2,1-4H3. The Balaban J connectivity index is 1.89. The molecule has 2 rings (SSSR count). The second-order valence-corrected chi connectivity index (χ2v) is 6.67. The summed E-state index contributed by atoms with van der Waals surface area (Å²) in [5.74, 6) is 0. The van der Waals surface area contributed by atoms with Crippen molar-refractivity contribution in [2.45, 2.75) is 57.8 Å². The predicted molar refractivity (Wildman–Crippen MR) is 86.6 cm³/mol. The van der Waals surface area contributed by atoms with E-state index in [2.05, 4.69) is 50.4 Å². The lowest BCUT2D eigenvalue weighted by molar-refractivity contribution is -0.0272. The van der Waals surface area contributed by atoms with Gasteiger partial charge in [-0.2, -0.15) is 0 Å². The Bertz CT molecular complexity index is 423. The minimum atomic E-state index is -0.123. The van der Waals surface area contributed by atoms with E-state index >= 15 is 0 Å². The molecule has 118 valence electrons. The number of aryl methyl sites for hydroxylation is 1. The Morgan fingerprint density at radius 3 is 2.48 bits per heavy atom. The molecule has 1 aliphatic carbocycles. The van der Waals surface area contributed by atoms with Crippen LogP contribution in [-0.2, 0) is 9.47 Å². The molecule has 1 aromatic rings. The summed E-state index contributed by atoms with van der Waals surface area (Å²) in [6, 6.07) is 9.37. The van der Waals surface area contributed by atoms with Crippen molar-refractivity contribution in [3.63, 3.8) is 0 Å². The molecule has 21 heavy (non-hydrogen) atoms. The lowest BCUT2D eigenvalue weighted by Crippen LogP contribution is -2.28. The molecule has 0 aliphatic heterocycles. The van der Waals surface area contributed by atoms with Gasteiger partial charge in [0.25, 0.3) is 0 Å². The molecule has 1 N–H and O–H groups in total. The van der Waals surface area contributed by atoms with Gasteiger partial charge in [0.1, 0.15) is 0 Å². The summed E-state index contributed by atoms with van der Waals surface area (Å²) < 4.78 is 11.6. The van der Waals surface area contributed by atoms with Crippen molar-refractivity contribution in [1.82, 2.24) is 5.32 Å². The van der Waals surface area contributed by atoms with Gasteiger partial charge in [-0.1, -0.05) is 29.8 Å². The third-order valence-electron chi connectivity index (χ3n) is 4.19. The van der Waals surface area contributed by atoms with Crippen LogP contribution in [0.25, 0.3) is 0 Å². The molecule has 0 bridgehead atoms. The lowest BCUT2D eigenvalue weighted by Gasteiger charge is -2.25. The molecule has 0 heterocycles. The maximum absolute atomic E-state index is 6.14. The van der Waals surface area contributed by atoms with Gasteiger partial charge in [0.05, 0.1) is 18.3 Å². The van der Waals surface area contributed by atoms with E-state index in [-0.39, 0.29) is 11.7 Å². The zero-order valence-electron chi connectivity index (χ0n) is 13.8. The van der Waals surface area contributed by atoms with Crippen LogP contribution in [0.5, 0.6) is 0 Å². The topological polar surface area (TPSA) is 30.5 Å². The summed E-state index contributed by atoms with van der Waals surface area (Å²) in [6.07, 6.45) is 3.63. The normalized spacial score (nSPS) is 17.0. The molecular formula is C18H29NO2. The number of methoxy groups -OCH3 is 1. The first kappa shape index (κ1) is 16.5. The largest absolute Gasteiger partial charge is 0.379 e. The maximum Gasteiger partial charge on any atom is 0.0949 e. The van der Waals surface area contributed by atoms with Crippen molar-refractivity contribution in [3.8, 4) is 0 Å². The van der Waals surface area contributed by atoms with Gasteiger partial charge < -0.3 is 14.8 Å². The highest BCUT2D eigenvalue weighted by atomic mass is 16.5. The van der Waals surface area contributed by atoms with E-state index in [1.807, 2.05) is 0 Å². The molecule has 1 saturated carbocycles. The number of hydrogen-bond acceptors (Lipinski definition) is 3. The molecule has 1 fully saturated rings. The van der Waals surface area contributed by atoms with Gasteiger partial charge in [0.15, 0.2) is 0 Å². The van der Waals surface area contributed by atoms with E-state index in [1.54, 1.807) is 7.11 Å². The van der Waals surface area contributed by atoms with Gasteiger partial charge in [-0.3, -0.25) is 0 Å². The molecule has 0 spiro atoms. The number of benzene rings is 1. The fourth-order valence-corrected chi connectivity index (χ4v) is 2.16. The van der Waals surface area contributed by atoms with Gasteiger partial charge >= 0.3 is 0 Å². The van der Waals surface area contributed by atoms with E-state index < -0.39 is 0 Å². The van der Waals surface area contributed by atoms with E-state index in [1.165, 1.54) is 24.0 Å². The number of ether oxygens (including phenoxy) is 2. The Morgan fingerprint density at radius 1 is 1.24 bits per heavy atom. The summed E-state index contributed by atoms with van der Waals surface area (Å²) in [5, 5.41) is 3.58. The molecule has 1 aromatic carbocycles. The van der Waals surface area contributed by atoms with Crippen LogP contribution >= 0.6 is 0 Å². The first-order valence-corrected chi connectivity index (χ1v) is 7.97. The summed E-state index contributed by atoms with van der Waals surface area (Å²) >= 11 is 0. The van der Waals surface area contributed by atoms with Crippen molar-refractivity contribution in [1.29, 1.82) is 0 Å². The molecule has 0 amide bonds. The van der Waals surface area contributed by atoms with E-state index in [0.717, 1.165) is 13.0 Å². The second-order valence-electron chi connectivity index (χ2n) is 6.67. The minimum absolute atomic E-state index is 0.123. The van der Waals surface area contributed by atoms with Crippen LogP contribution in [0.2, 0.25) is 0 Å². The monoisotopic (exact) mass is 291 g/mol. The number of nitrogens with one attached hydrogen (secondary N) is 1. The highest BCUT2D eigenvalue weighted by Gasteiger charge is 2.23. The Labute approximate surface area is 129 Å². The van der Waals surface area contributed by atoms with Crippen molar-refractivity contribution in [2.75, 3.05) is 20.3 Å². The summed E-state index contributed by atoms with van der Waals surface area (Å²) in [6.45, 7) is 7.91. The van der Waals surface area contributed by atoms with Crippen LogP contribution in [0.4, 0.5) is 0 Å². The molecule has 3 heteroatoms. The first-order valence-electron chi connectivity index (χ1n) is 7.97. The average molecular weight is 291 g/mol. The smallest absolute Gasteiger partial charge is 0.0949 e. The summed E-state index contributed by atoms with van der Waals surface area (Å²) in [4.78, 5) is 0. The highest BCUT2D eigenvalue weighted by Crippen LogP contribution is 2.23. The van der Waals surface area contributed by atoms with E-state index in [4.69, 9.17) is 9.47 Å². The van der Waals surface area contributed by atoms with Crippen LogP contribution in [0.3, 0.4) is 0 Å². The van der Waals surface area contributed by atoms with Crippen molar-refractivity contribution < 1.29 is 9.47 Å². The van der Waals surface area contributed by atoms with Crippen molar-refractivity contribution in [3.05, 3.63) is 35.4 Å². The maximum atomic E-state index is 6.14. The Kier molecular flexibility index (Phi) is 5.80. The van der Waals surface area contributed by atoms with Gasteiger partial charge in [-0.05, 0) is 45.6 Å². The van der Waals surface area contributed by atoms with Crippen LogP contribution in [0.1, 0.15) is 50.3 Å². The fourth-order valence-electron chi connectivity index (χ4n) is 2.16. The van der Waals surface area contributed by atoms with Gasteiger partial charge in [0, 0.05) is 19.7 Å². The minimum Gasteiger partial charge on any atom is -0.379 e. The third kappa shape index (κ3) is 5.77. The molecule has 1 atom stereocenters. The molecule has 0 radical (unpaired) electrons. The van der Waals surface area contributed by atoms with Gasteiger partial charge in [0.2, 0.25) is 0 Å². The van der Waals surface area contributed by atoms with Gasteiger partial charge in [-0.25, -0.2) is 0 Å². The second kappa shape index (κ2) is 7.39. The van der Waals surface area contributed by atoms with Crippen LogP contribution in [-0.4, -0.2) is 31.9 Å². The van der Waals surface area contributed by atoms with Crippen LogP contribution in [0.15, 0.2) is 24.3 Å². The van der Waals surface area contributed by atoms with Gasteiger partial charge in [-0.15, -0.1) is 0 Å². The fraction of sp³-hybridized carbons (Fsp3) is 0.667. The number of hydrogen-bond donors (Lipinski definition) is 1. The number of rotatable bonds is 9. The lowest BCUT2D eigenvalue weighted by atomic mass is 10.1. The molecule has 1 unspecified atom stereocenters. The third-order valence-corrected chi connectivity index (χ3v) is 4.19. The molecular weight excluding hydrogens is 262 g/mol. The first-order chi connectivity index (χ1) is 10.00. The predicted octanol–water partition coefficient (Wildman–Crippen LogP) is 3.62. The van der Waals surface area contributed by atoms with Crippen LogP contribution < -0.4 is 5.32 Å². The van der Waals surface area contributed by atoms with E-state index in [0.29, 0.717) is 12.6 Å². The highest BCUT2D eigenvalue weighted by molar-refractivity contribution is 5.23. The average Bonchev–Trinajstić information content (AvgIpc) is 3.28. The Morgan fingerprint density at radius 2 is 1.90 bits per heavy atom. The van der Waals surface area contributed by atoms with E-state index in [9.17, 15) is 0 Å².